The van der Waals surface area contributed by atoms with E-state index in [2.05, 4.69) is 25.3 Å². The maximum Gasteiger partial charge on any atom is 0.237 e. The van der Waals surface area contributed by atoms with Crippen molar-refractivity contribution in [2.45, 2.75) is 6.54 Å². The van der Waals surface area contributed by atoms with Crippen LogP contribution in [0, 0.1) is 0 Å². The van der Waals surface area contributed by atoms with Crippen LogP contribution in [0.4, 0.5) is 5.95 Å². The summed E-state index contributed by atoms with van der Waals surface area (Å²) in [6, 6.07) is 9.50. The highest BCUT2D eigenvalue weighted by Crippen LogP contribution is 2.18. The molecule has 0 aliphatic carbocycles. The van der Waals surface area contributed by atoms with Crippen molar-refractivity contribution < 1.29 is 4.74 Å². The largest absolute Gasteiger partial charge is 0.438 e. The van der Waals surface area contributed by atoms with Gasteiger partial charge >= 0.3 is 0 Å². The molecule has 0 radical (unpaired) electrons. The molecule has 0 unspecified atom stereocenters. The zero-order valence-electron chi connectivity index (χ0n) is 11.2. The molecule has 0 atom stereocenters. The van der Waals surface area contributed by atoms with Crippen LogP contribution in [-0.4, -0.2) is 19.9 Å². The quantitative estimate of drug-likeness (QED) is 0.774. The number of rotatable bonds is 5. The Balaban J connectivity index is 1.59. The average Bonchev–Trinajstić information content (AvgIpc) is 2.56. The van der Waals surface area contributed by atoms with Gasteiger partial charge in [0, 0.05) is 31.3 Å². The Labute approximate surface area is 121 Å². The van der Waals surface area contributed by atoms with E-state index in [1.54, 1.807) is 37.1 Å². The SMILES string of the molecule is c1cnc(NCc2ccc(Oc3cnccn3)cc2)nc1. The number of nitrogens with one attached hydrogen (secondary N) is 1. The summed E-state index contributed by atoms with van der Waals surface area (Å²) in [6.45, 7) is 0.648. The molecule has 0 amide bonds. The lowest BCUT2D eigenvalue weighted by Crippen LogP contribution is -2.02. The number of hydrogen-bond donors (Lipinski definition) is 1. The minimum absolute atomic E-state index is 0.473. The molecule has 104 valence electrons. The van der Waals surface area contributed by atoms with E-state index in [1.165, 1.54) is 0 Å². The van der Waals surface area contributed by atoms with Crippen molar-refractivity contribution in [2.75, 3.05) is 5.32 Å². The van der Waals surface area contributed by atoms with E-state index in [9.17, 15) is 0 Å². The Hall–Kier alpha value is -3.02. The van der Waals surface area contributed by atoms with Crippen molar-refractivity contribution in [1.29, 1.82) is 0 Å². The van der Waals surface area contributed by atoms with Gasteiger partial charge in [-0.2, -0.15) is 0 Å². The molecule has 0 bridgehead atoms. The van der Waals surface area contributed by atoms with Crippen LogP contribution in [0.2, 0.25) is 0 Å². The normalized spacial score (nSPS) is 10.1. The standard InChI is InChI=1S/C15H13N5O/c1-6-18-15(19-7-1)20-10-12-2-4-13(5-3-12)21-14-11-16-8-9-17-14/h1-9,11H,10H2,(H,18,19,20). The Morgan fingerprint density at radius 3 is 2.43 bits per heavy atom. The summed E-state index contributed by atoms with van der Waals surface area (Å²) in [4.78, 5) is 16.2. The smallest absolute Gasteiger partial charge is 0.237 e. The van der Waals surface area contributed by atoms with E-state index in [0.717, 1.165) is 11.3 Å². The molecule has 0 saturated heterocycles. The number of hydrogen-bond acceptors (Lipinski definition) is 6. The van der Waals surface area contributed by atoms with Gasteiger partial charge in [0.2, 0.25) is 11.8 Å². The van der Waals surface area contributed by atoms with Crippen LogP contribution in [0.15, 0.2) is 61.3 Å². The van der Waals surface area contributed by atoms with Gasteiger partial charge in [-0.25, -0.2) is 15.0 Å². The van der Waals surface area contributed by atoms with Gasteiger partial charge in [-0.15, -0.1) is 0 Å². The predicted octanol–water partition coefficient (Wildman–Crippen LogP) is 2.67. The minimum Gasteiger partial charge on any atom is -0.438 e. The summed E-state index contributed by atoms with van der Waals surface area (Å²) in [5.74, 6) is 1.80. The molecule has 3 rings (SSSR count). The van der Waals surface area contributed by atoms with Gasteiger partial charge in [0.05, 0.1) is 6.20 Å². The first-order valence-corrected chi connectivity index (χ1v) is 6.44. The number of ether oxygens (including phenoxy) is 1. The highest BCUT2D eigenvalue weighted by molar-refractivity contribution is 5.32. The Morgan fingerprint density at radius 2 is 1.71 bits per heavy atom. The van der Waals surface area contributed by atoms with Crippen molar-refractivity contribution in [3.8, 4) is 11.6 Å². The fraction of sp³-hybridized carbons (Fsp3) is 0.0667. The van der Waals surface area contributed by atoms with Crippen LogP contribution >= 0.6 is 0 Å². The third-order valence-corrected chi connectivity index (χ3v) is 2.70. The van der Waals surface area contributed by atoms with E-state index in [1.807, 2.05) is 24.3 Å². The molecule has 3 aromatic rings. The second-order valence-corrected chi connectivity index (χ2v) is 4.22. The molecular weight excluding hydrogens is 266 g/mol. The molecule has 0 spiro atoms. The second kappa shape index (κ2) is 6.42. The zero-order valence-corrected chi connectivity index (χ0v) is 11.2. The Kier molecular flexibility index (Phi) is 3.97. The second-order valence-electron chi connectivity index (χ2n) is 4.22. The fourth-order valence-corrected chi connectivity index (χ4v) is 1.71. The van der Waals surface area contributed by atoms with Crippen molar-refractivity contribution in [3.05, 3.63) is 66.9 Å². The Bertz CT molecular complexity index is 673. The van der Waals surface area contributed by atoms with Crippen LogP contribution in [0.3, 0.4) is 0 Å². The average molecular weight is 279 g/mol. The van der Waals surface area contributed by atoms with E-state index in [-0.39, 0.29) is 0 Å². The maximum absolute atomic E-state index is 5.58. The van der Waals surface area contributed by atoms with Crippen molar-refractivity contribution >= 4 is 5.95 Å². The van der Waals surface area contributed by atoms with Crippen LogP contribution < -0.4 is 10.1 Å². The first kappa shape index (κ1) is 13.0. The van der Waals surface area contributed by atoms with E-state index in [4.69, 9.17) is 4.74 Å². The number of benzene rings is 1. The molecule has 1 aromatic carbocycles. The monoisotopic (exact) mass is 279 g/mol. The van der Waals surface area contributed by atoms with Crippen molar-refractivity contribution in [2.24, 2.45) is 0 Å². The van der Waals surface area contributed by atoms with Gasteiger partial charge < -0.3 is 10.1 Å². The number of nitrogens with zero attached hydrogens (tertiary/aromatic N) is 4. The van der Waals surface area contributed by atoms with E-state index in [0.29, 0.717) is 18.4 Å². The molecule has 6 heteroatoms. The lowest BCUT2D eigenvalue weighted by Gasteiger charge is -2.06. The summed E-state index contributed by atoms with van der Waals surface area (Å²) in [5, 5.41) is 3.14. The van der Waals surface area contributed by atoms with E-state index >= 15 is 0 Å². The fourth-order valence-electron chi connectivity index (χ4n) is 1.71. The molecule has 6 nitrogen and oxygen atoms in total. The highest BCUT2D eigenvalue weighted by Gasteiger charge is 1.99. The van der Waals surface area contributed by atoms with Crippen molar-refractivity contribution in [3.63, 3.8) is 0 Å². The van der Waals surface area contributed by atoms with Gasteiger partial charge in [-0.3, -0.25) is 4.98 Å². The van der Waals surface area contributed by atoms with Gasteiger partial charge in [0.1, 0.15) is 5.75 Å². The summed E-state index contributed by atoms with van der Waals surface area (Å²) < 4.78 is 5.58. The number of aromatic nitrogens is 4. The van der Waals surface area contributed by atoms with Gasteiger partial charge in [0.15, 0.2) is 0 Å². The zero-order chi connectivity index (χ0) is 14.3. The molecule has 0 aliphatic rings. The molecule has 2 aromatic heterocycles. The van der Waals surface area contributed by atoms with Crippen LogP contribution in [0.25, 0.3) is 0 Å². The molecule has 21 heavy (non-hydrogen) atoms. The highest BCUT2D eigenvalue weighted by atomic mass is 16.5. The third-order valence-electron chi connectivity index (χ3n) is 2.70. The first-order valence-electron chi connectivity index (χ1n) is 6.44. The lowest BCUT2D eigenvalue weighted by molar-refractivity contribution is 0.460. The lowest BCUT2D eigenvalue weighted by atomic mass is 10.2. The molecule has 0 saturated carbocycles. The van der Waals surface area contributed by atoms with Gasteiger partial charge in [0.25, 0.3) is 0 Å². The van der Waals surface area contributed by atoms with Crippen LogP contribution in [0.1, 0.15) is 5.56 Å². The topological polar surface area (TPSA) is 72.8 Å². The summed E-state index contributed by atoms with van der Waals surface area (Å²) in [6.07, 6.45) is 8.17. The molecule has 0 aliphatic heterocycles. The van der Waals surface area contributed by atoms with Gasteiger partial charge in [-0.1, -0.05) is 12.1 Å². The molecule has 2 heterocycles. The van der Waals surface area contributed by atoms with Gasteiger partial charge in [-0.05, 0) is 23.8 Å². The molecular formula is C15H13N5O. The van der Waals surface area contributed by atoms with Crippen molar-refractivity contribution in [1.82, 2.24) is 19.9 Å². The number of anilines is 1. The maximum atomic E-state index is 5.58. The molecule has 0 fully saturated rings. The molecule has 1 N–H and O–H groups in total. The van der Waals surface area contributed by atoms with Crippen LogP contribution in [-0.2, 0) is 6.54 Å². The summed E-state index contributed by atoms with van der Waals surface area (Å²) in [5.41, 5.74) is 1.11. The Morgan fingerprint density at radius 1 is 0.905 bits per heavy atom. The summed E-state index contributed by atoms with van der Waals surface area (Å²) >= 11 is 0. The minimum atomic E-state index is 0.473. The van der Waals surface area contributed by atoms with Crippen LogP contribution in [0.5, 0.6) is 11.6 Å². The van der Waals surface area contributed by atoms with E-state index < -0.39 is 0 Å². The first-order chi connectivity index (χ1) is 10.4. The predicted molar refractivity (Wildman–Crippen MR) is 77.9 cm³/mol. The third kappa shape index (κ3) is 3.73. The summed E-state index contributed by atoms with van der Waals surface area (Å²) in [7, 11) is 0.